The first-order chi connectivity index (χ1) is 14.2. The lowest BCUT2D eigenvalue weighted by atomic mass is 10.2. The topological polar surface area (TPSA) is 46.2 Å². The van der Waals surface area contributed by atoms with Gasteiger partial charge in [-0.05, 0) is 99.3 Å². The third-order valence-corrected chi connectivity index (χ3v) is 4.34. The van der Waals surface area contributed by atoms with E-state index in [1.165, 1.54) is 6.42 Å². The maximum Gasteiger partial charge on any atom is 0.0598 e. The molecule has 0 unspecified atom stereocenters. The Morgan fingerprint density at radius 2 is 0.567 bits per heavy atom. The van der Waals surface area contributed by atoms with Gasteiger partial charge < -0.3 is 23.7 Å². The third kappa shape index (κ3) is 27.8. The van der Waals surface area contributed by atoms with Crippen LogP contribution in [0, 0.1) is 0 Å². The van der Waals surface area contributed by atoms with Crippen LogP contribution in [0.3, 0.4) is 0 Å². The van der Waals surface area contributed by atoms with E-state index in [4.69, 9.17) is 23.7 Å². The van der Waals surface area contributed by atoms with Gasteiger partial charge in [0.2, 0.25) is 0 Å². The van der Waals surface area contributed by atoms with Crippen molar-refractivity contribution >= 4 is 0 Å². The number of ether oxygens (including phenoxy) is 5. The molecule has 0 saturated heterocycles. The minimum atomic E-state index is -0.0321. The van der Waals surface area contributed by atoms with Gasteiger partial charge in [-0.1, -0.05) is 0 Å². The van der Waals surface area contributed by atoms with Crippen LogP contribution in [-0.2, 0) is 23.7 Å². The van der Waals surface area contributed by atoms with Crippen LogP contribution in [-0.4, -0.2) is 64.1 Å². The van der Waals surface area contributed by atoms with Gasteiger partial charge in [-0.25, -0.2) is 0 Å². The number of rotatable bonds is 21. The van der Waals surface area contributed by atoms with Crippen LogP contribution in [0.5, 0.6) is 0 Å². The van der Waals surface area contributed by atoms with Gasteiger partial charge in [0, 0.05) is 52.9 Å². The molecule has 0 saturated carbocycles. The van der Waals surface area contributed by atoms with Gasteiger partial charge in [0.15, 0.2) is 0 Å². The van der Waals surface area contributed by atoms with Gasteiger partial charge in [0.25, 0.3) is 0 Å². The molecule has 0 aliphatic rings. The number of hydrogen-bond acceptors (Lipinski definition) is 5. The fourth-order valence-corrected chi connectivity index (χ4v) is 2.67. The molecule has 0 N–H and O–H groups in total. The maximum atomic E-state index is 5.71. The Kier molecular flexibility index (Phi) is 19.4. The SMILES string of the molecule is CC(C)(C)OCCCCCOCCCCOCCCCOCCCCOC(C)(C)C. The Balaban J connectivity index is 3.07. The van der Waals surface area contributed by atoms with E-state index in [0.717, 1.165) is 104 Å². The highest BCUT2D eigenvalue weighted by Gasteiger charge is 2.09. The second-order valence-corrected chi connectivity index (χ2v) is 9.94. The van der Waals surface area contributed by atoms with Crippen molar-refractivity contribution < 1.29 is 23.7 Å². The van der Waals surface area contributed by atoms with Gasteiger partial charge in [0.1, 0.15) is 0 Å². The molecule has 5 heteroatoms. The normalized spacial score (nSPS) is 12.6. The van der Waals surface area contributed by atoms with Crippen LogP contribution in [0.25, 0.3) is 0 Å². The summed E-state index contributed by atoms with van der Waals surface area (Å²) < 4.78 is 28.4. The molecule has 0 rings (SSSR count). The molecule has 30 heavy (non-hydrogen) atoms. The van der Waals surface area contributed by atoms with Gasteiger partial charge in [-0.2, -0.15) is 0 Å². The summed E-state index contributed by atoms with van der Waals surface area (Å²) in [5.41, 5.74) is -0.0518. The second kappa shape index (κ2) is 19.5. The molecule has 0 heterocycles. The standard InChI is InChI=1S/C25H52O5/c1-24(2,3)29-22-9-7-8-16-26-17-10-11-18-27-19-12-13-20-28-21-14-15-23-30-25(4,5)6/h7-23H2,1-6H3. The quantitative estimate of drug-likeness (QED) is 0.203. The van der Waals surface area contributed by atoms with E-state index in [1.807, 2.05) is 0 Å². The fraction of sp³-hybridized carbons (Fsp3) is 1.00. The predicted octanol–water partition coefficient (Wildman–Crippen LogP) is 6.18. The molecule has 182 valence electrons. The van der Waals surface area contributed by atoms with Crippen molar-refractivity contribution in [1.82, 2.24) is 0 Å². The molecule has 0 aliphatic carbocycles. The Hall–Kier alpha value is -0.200. The molecule has 0 radical (unpaired) electrons. The smallest absolute Gasteiger partial charge is 0.0598 e. The fourth-order valence-electron chi connectivity index (χ4n) is 2.67. The highest BCUT2D eigenvalue weighted by atomic mass is 16.5. The van der Waals surface area contributed by atoms with Crippen molar-refractivity contribution in [2.45, 2.75) is 111 Å². The second-order valence-electron chi connectivity index (χ2n) is 9.94. The van der Waals surface area contributed by atoms with Crippen molar-refractivity contribution in [1.29, 1.82) is 0 Å². The van der Waals surface area contributed by atoms with Crippen molar-refractivity contribution in [3.8, 4) is 0 Å². The maximum absolute atomic E-state index is 5.71. The lowest BCUT2D eigenvalue weighted by Gasteiger charge is -2.19. The summed E-state index contributed by atoms with van der Waals surface area (Å²) in [5.74, 6) is 0. The van der Waals surface area contributed by atoms with E-state index >= 15 is 0 Å². The Labute approximate surface area is 187 Å². The van der Waals surface area contributed by atoms with Gasteiger partial charge in [-0.15, -0.1) is 0 Å². The van der Waals surface area contributed by atoms with Crippen molar-refractivity contribution in [2.75, 3.05) is 52.9 Å². The average Bonchev–Trinajstić information content (AvgIpc) is 2.64. The van der Waals surface area contributed by atoms with E-state index in [2.05, 4.69) is 41.5 Å². The van der Waals surface area contributed by atoms with Crippen molar-refractivity contribution in [2.24, 2.45) is 0 Å². The molecule has 0 atom stereocenters. The summed E-state index contributed by atoms with van der Waals surface area (Å²) in [4.78, 5) is 0. The van der Waals surface area contributed by atoms with Crippen LogP contribution in [0.1, 0.15) is 99.3 Å². The average molecular weight is 433 g/mol. The summed E-state index contributed by atoms with van der Waals surface area (Å²) in [5, 5.41) is 0. The van der Waals surface area contributed by atoms with Crippen LogP contribution in [0.4, 0.5) is 0 Å². The first-order valence-electron chi connectivity index (χ1n) is 12.2. The third-order valence-electron chi connectivity index (χ3n) is 4.34. The van der Waals surface area contributed by atoms with E-state index in [0.29, 0.717) is 0 Å². The van der Waals surface area contributed by atoms with Crippen molar-refractivity contribution in [3.05, 3.63) is 0 Å². The predicted molar refractivity (Wildman–Crippen MR) is 125 cm³/mol. The summed E-state index contributed by atoms with van der Waals surface area (Å²) in [6, 6.07) is 0. The van der Waals surface area contributed by atoms with Gasteiger partial charge in [0.05, 0.1) is 11.2 Å². The minimum Gasteiger partial charge on any atom is -0.381 e. The summed E-state index contributed by atoms with van der Waals surface area (Å²) in [6.45, 7) is 19.3. The van der Waals surface area contributed by atoms with E-state index in [9.17, 15) is 0 Å². The van der Waals surface area contributed by atoms with Crippen LogP contribution in [0.2, 0.25) is 0 Å². The zero-order valence-electron chi connectivity index (χ0n) is 21.1. The monoisotopic (exact) mass is 432 g/mol. The summed E-state index contributed by atoms with van der Waals surface area (Å²) >= 11 is 0. The van der Waals surface area contributed by atoms with Crippen LogP contribution >= 0.6 is 0 Å². The van der Waals surface area contributed by atoms with Crippen molar-refractivity contribution in [3.63, 3.8) is 0 Å². The van der Waals surface area contributed by atoms with Gasteiger partial charge in [-0.3, -0.25) is 0 Å². The zero-order valence-corrected chi connectivity index (χ0v) is 21.1. The first-order valence-corrected chi connectivity index (χ1v) is 12.2. The molecule has 5 nitrogen and oxygen atoms in total. The lowest BCUT2D eigenvalue weighted by molar-refractivity contribution is -0.00747. The largest absolute Gasteiger partial charge is 0.381 e. The Morgan fingerprint density at radius 3 is 0.867 bits per heavy atom. The van der Waals surface area contributed by atoms with E-state index in [1.54, 1.807) is 0 Å². The molecule has 0 fully saturated rings. The Morgan fingerprint density at radius 1 is 0.333 bits per heavy atom. The van der Waals surface area contributed by atoms with E-state index in [-0.39, 0.29) is 11.2 Å². The highest BCUT2D eigenvalue weighted by Crippen LogP contribution is 2.09. The molecule has 0 aromatic rings. The number of unbranched alkanes of at least 4 members (excludes halogenated alkanes) is 5. The molecular weight excluding hydrogens is 380 g/mol. The van der Waals surface area contributed by atoms with E-state index < -0.39 is 0 Å². The highest BCUT2D eigenvalue weighted by molar-refractivity contribution is 4.59. The molecule has 0 spiro atoms. The first kappa shape index (κ1) is 29.8. The summed E-state index contributed by atoms with van der Waals surface area (Å²) in [7, 11) is 0. The lowest BCUT2D eigenvalue weighted by Crippen LogP contribution is -2.19. The minimum absolute atomic E-state index is 0.0197. The Bertz CT molecular complexity index is 312. The molecule has 0 aliphatic heterocycles. The van der Waals surface area contributed by atoms with Crippen LogP contribution < -0.4 is 0 Å². The number of hydrogen-bond donors (Lipinski definition) is 0. The molecular formula is C25H52O5. The van der Waals surface area contributed by atoms with Gasteiger partial charge >= 0.3 is 0 Å². The molecule has 0 bridgehead atoms. The molecule has 0 aromatic heterocycles. The molecule has 0 amide bonds. The van der Waals surface area contributed by atoms with Crippen LogP contribution in [0.15, 0.2) is 0 Å². The molecule has 0 aromatic carbocycles. The zero-order chi connectivity index (χ0) is 22.6. The summed E-state index contributed by atoms with van der Waals surface area (Å²) in [6.07, 6.45) is 9.85.